The lowest BCUT2D eigenvalue weighted by Gasteiger charge is -2.18. The van der Waals surface area contributed by atoms with Crippen molar-refractivity contribution >= 4 is 10.0 Å². The minimum Gasteiger partial charge on any atom is -0.486 e. The van der Waals surface area contributed by atoms with Gasteiger partial charge >= 0.3 is 0 Å². The molecule has 0 atom stereocenters. The van der Waals surface area contributed by atoms with Crippen molar-refractivity contribution in [3.63, 3.8) is 0 Å². The highest BCUT2D eigenvalue weighted by Gasteiger charge is 2.20. The van der Waals surface area contributed by atoms with Gasteiger partial charge in [-0.15, -0.1) is 0 Å². The number of hydrogen-bond donors (Lipinski definition) is 1. The van der Waals surface area contributed by atoms with Gasteiger partial charge in [-0.25, -0.2) is 17.5 Å². The number of benzene rings is 2. The normalized spacial score (nSPS) is 13.5. The summed E-state index contributed by atoms with van der Waals surface area (Å²) in [7, 11) is -3.82. The van der Waals surface area contributed by atoms with Crippen LogP contribution < -0.4 is 14.2 Å². The quantitative estimate of drug-likeness (QED) is 0.710. The van der Waals surface area contributed by atoms with Crippen molar-refractivity contribution in [2.24, 2.45) is 0 Å². The number of hydrogen-bond acceptors (Lipinski definition) is 7. The van der Waals surface area contributed by atoms with Crippen molar-refractivity contribution in [3.05, 3.63) is 54.2 Å². The highest BCUT2D eigenvalue weighted by atomic mass is 32.2. The fourth-order valence-corrected chi connectivity index (χ4v) is 3.46. The van der Waals surface area contributed by atoms with Crippen molar-refractivity contribution in [1.82, 2.24) is 14.9 Å². The molecule has 8 nitrogen and oxygen atoms in total. The van der Waals surface area contributed by atoms with Gasteiger partial charge in [-0.2, -0.15) is 4.98 Å². The molecule has 2 aromatic carbocycles. The molecule has 1 N–H and O–H groups in total. The molecule has 0 radical (unpaired) electrons. The fraction of sp³-hybridized carbons (Fsp3) is 0.176. The number of sulfonamides is 1. The summed E-state index contributed by atoms with van der Waals surface area (Å²) in [5.74, 6) is 0.815. The van der Waals surface area contributed by atoms with E-state index in [1.54, 1.807) is 6.07 Å². The van der Waals surface area contributed by atoms with Crippen molar-refractivity contribution < 1.29 is 26.8 Å². The van der Waals surface area contributed by atoms with Crippen LogP contribution in [0.1, 0.15) is 5.89 Å². The van der Waals surface area contributed by atoms with Gasteiger partial charge in [-0.1, -0.05) is 5.16 Å². The molecule has 0 fully saturated rings. The maximum atomic E-state index is 13.0. The van der Waals surface area contributed by atoms with E-state index in [2.05, 4.69) is 14.9 Å². The van der Waals surface area contributed by atoms with Gasteiger partial charge in [0.15, 0.2) is 11.5 Å². The van der Waals surface area contributed by atoms with Crippen LogP contribution in [0.15, 0.2) is 51.9 Å². The highest BCUT2D eigenvalue weighted by molar-refractivity contribution is 7.89. The zero-order chi connectivity index (χ0) is 18.9. The van der Waals surface area contributed by atoms with E-state index in [-0.39, 0.29) is 29.0 Å². The Hall–Kier alpha value is -2.98. The smallest absolute Gasteiger partial charge is 0.242 e. The largest absolute Gasteiger partial charge is 0.486 e. The second-order valence-electron chi connectivity index (χ2n) is 5.65. The van der Waals surface area contributed by atoms with E-state index in [9.17, 15) is 12.8 Å². The van der Waals surface area contributed by atoms with Gasteiger partial charge in [0.25, 0.3) is 0 Å². The highest BCUT2D eigenvalue weighted by Crippen LogP contribution is 2.32. The van der Waals surface area contributed by atoms with Crippen LogP contribution in [0.3, 0.4) is 0 Å². The van der Waals surface area contributed by atoms with E-state index >= 15 is 0 Å². The Labute approximate surface area is 154 Å². The van der Waals surface area contributed by atoms with Crippen LogP contribution in [0, 0.1) is 5.82 Å². The molecule has 0 bridgehead atoms. The summed E-state index contributed by atoms with van der Waals surface area (Å²) in [4.78, 5) is 4.14. The van der Waals surface area contributed by atoms with Gasteiger partial charge < -0.3 is 14.0 Å². The third-order valence-electron chi connectivity index (χ3n) is 3.81. The third-order valence-corrected chi connectivity index (χ3v) is 5.21. The number of aromatic nitrogens is 2. The van der Waals surface area contributed by atoms with Crippen molar-refractivity contribution in [2.75, 3.05) is 13.2 Å². The molecule has 140 valence electrons. The van der Waals surface area contributed by atoms with Crippen LogP contribution in [-0.2, 0) is 16.6 Å². The van der Waals surface area contributed by atoms with E-state index in [1.165, 1.54) is 36.4 Å². The number of fused-ring (bicyclic) bond motifs is 1. The summed E-state index contributed by atoms with van der Waals surface area (Å²) in [6.45, 7) is 0.591. The summed E-state index contributed by atoms with van der Waals surface area (Å²) in [6, 6.07) is 9.92. The molecule has 2 heterocycles. The molecule has 0 unspecified atom stereocenters. The van der Waals surface area contributed by atoms with E-state index in [1.807, 2.05) is 0 Å². The molecule has 0 saturated heterocycles. The second-order valence-corrected chi connectivity index (χ2v) is 7.42. The first-order valence-electron chi connectivity index (χ1n) is 7.99. The molecule has 3 aromatic rings. The summed E-state index contributed by atoms with van der Waals surface area (Å²) >= 11 is 0. The van der Waals surface area contributed by atoms with Gasteiger partial charge in [0.1, 0.15) is 19.0 Å². The molecular weight excluding hydrogens is 377 g/mol. The van der Waals surface area contributed by atoms with E-state index < -0.39 is 10.0 Å². The standard InChI is InChI=1S/C17H14FN3O5S/c18-12-3-1-11(2-4-12)17-20-16(26-21-17)10-19-27(22,23)13-5-6-14-15(9-13)25-8-7-24-14/h1-6,9,19H,7-8,10H2. The van der Waals surface area contributed by atoms with Gasteiger partial charge in [0.05, 0.1) is 11.4 Å². The molecule has 1 aromatic heterocycles. The monoisotopic (exact) mass is 391 g/mol. The van der Waals surface area contributed by atoms with Crippen molar-refractivity contribution in [3.8, 4) is 22.9 Å². The van der Waals surface area contributed by atoms with Gasteiger partial charge in [-0.05, 0) is 36.4 Å². The average molecular weight is 391 g/mol. The molecule has 1 aliphatic heterocycles. The van der Waals surface area contributed by atoms with Crippen molar-refractivity contribution in [2.45, 2.75) is 11.4 Å². The summed E-state index contributed by atoms with van der Waals surface area (Å²) in [6.07, 6.45) is 0. The number of ether oxygens (including phenoxy) is 2. The van der Waals surface area contributed by atoms with Crippen LogP contribution in [0.4, 0.5) is 4.39 Å². The molecule has 27 heavy (non-hydrogen) atoms. The fourth-order valence-electron chi connectivity index (χ4n) is 2.47. The molecule has 0 saturated carbocycles. The van der Waals surface area contributed by atoms with Gasteiger partial charge in [-0.3, -0.25) is 0 Å². The zero-order valence-corrected chi connectivity index (χ0v) is 14.7. The Morgan fingerprint density at radius 3 is 2.56 bits per heavy atom. The zero-order valence-electron chi connectivity index (χ0n) is 13.9. The molecule has 4 rings (SSSR count). The minimum absolute atomic E-state index is 0.0324. The maximum Gasteiger partial charge on any atom is 0.242 e. The van der Waals surface area contributed by atoms with Crippen LogP contribution in [0.2, 0.25) is 0 Å². The van der Waals surface area contributed by atoms with Crippen LogP contribution in [0.5, 0.6) is 11.5 Å². The molecule has 10 heteroatoms. The predicted octanol–water partition coefficient (Wildman–Crippen LogP) is 2.13. The van der Waals surface area contributed by atoms with Crippen molar-refractivity contribution in [1.29, 1.82) is 0 Å². The van der Waals surface area contributed by atoms with Gasteiger partial charge in [0.2, 0.25) is 21.7 Å². The Morgan fingerprint density at radius 1 is 1.04 bits per heavy atom. The van der Waals surface area contributed by atoms with Crippen LogP contribution in [-0.4, -0.2) is 31.8 Å². The third kappa shape index (κ3) is 3.76. The molecule has 0 amide bonds. The topological polar surface area (TPSA) is 104 Å². The Balaban J connectivity index is 1.47. The van der Waals surface area contributed by atoms with E-state index in [0.717, 1.165) is 0 Å². The Morgan fingerprint density at radius 2 is 1.78 bits per heavy atom. The minimum atomic E-state index is -3.82. The second kappa shape index (κ2) is 6.97. The molecular formula is C17H14FN3O5S. The SMILES string of the molecule is O=S(=O)(NCc1nc(-c2ccc(F)cc2)no1)c1ccc2c(c1)OCCO2. The maximum absolute atomic E-state index is 13.0. The summed E-state index contributed by atoms with van der Waals surface area (Å²) in [5, 5.41) is 3.77. The summed E-state index contributed by atoms with van der Waals surface area (Å²) < 4.78 is 56.1. The average Bonchev–Trinajstić information content (AvgIpc) is 3.16. The molecule has 1 aliphatic rings. The predicted molar refractivity (Wildman–Crippen MR) is 91.1 cm³/mol. The first kappa shape index (κ1) is 17.4. The number of nitrogens with zero attached hydrogens (tertiary/aromatic N) is 2. The Bertz CT molecular complexity index is 1070. The Kier molecular flexibility index (Phi) is 4.50. The number of rotatable bonds is 5. The van der Waals surface area contributed by atoms with Crippen LogP contribution in [0.25, 0.3) is 11.4 Å². The summed E-state index contributed by atoms with van der Waals surface area (Å²) in [5.41, 5.74) is 0.557. The number of halogens is 1. The van der Waals surface area contributed by atoms with Crippen LogP contribution >= 0.6 is 0 Å². The number of nitrogens with one attached hydrogen (secondary N) is 1. The lowest BCUT2D eigenvalue weighted by Crippen LogP contribution is -2.24. The lowest BCUT2D eigenvalue weighted by molar-refractivity contribution is 0.171. The molecule has 0 aliphatic carbocycles. The van der Waals surface area contributed by atoms with Gasteiger partial charge in [0, 0.05) is 11.6 Å². The lowest BCUT2D eigenvalue weighted by atomic mass is 10.2. The first-order chi connectivity index (χ1) is 13.0. The van der Waals surface area contributed by atoms with E-state index in [4.69, 9.17) is 14.0 Å². The molecule has 0 spiro atoms. The van der Waals surface area contributed by atoms with E-state index in [0.29, 0.717) is 30.3 Å². The first-order valence-corrected chi connectivity index (χ1v) is 9.47.